The van der Waals surface area contributed by atoms with Gasteiger partial charge in [-0.05, 0) is 0 Å². The molecule has 0 heterocycles. The van der Waals surface area contributed by atoms with Crippen LogP contribution in [0.25, 0.3) is 0 Å². The summed E-state index contributed by atoms with van der Waals surface area (Å²) in [6, 6.07) is 10.3. The van der Waals surface area contributed by atoms with E-state index in [4.69, 9.17) is 15.1 Å². The van der Waals surface area contributed by atoms with Crippen molar-refractivity contribution in [2.24, 2.45) is 0 Å². The molecule has 0 atom stereocenters. The topological polar surface area (TPSA) is 60.7 Å². The predicted octanol–water partition coefficient (Wildman–Crippen LogP) is -1.57. The Bertz CT molecular complexity index is 178. The summed E-state index contributed by atoms with van der Waals surface area (Å²) in [5, 5.41) is 21.5. The fraction of sp³-hybridized carbons (Fsp3) is 0. The van der Waals surface area contributed by atoms with Crippen molar-refractivity contribution in [3.63, 3.8) is 0 Å². The predicted molar refractivity (Wildman–Crippen MR) is 44.2 cm³/mol. The summed E-state index contributed by atoms with van der Waals surface area (Å²) in [6.45, 7) is 0. The Balaban J connectivity index is 0.000000218. The van der Waals surface area contributed by atoms with E-state index in [1.807, 2.05) is 18.2 Å². The van der Waals surface area contributed by atoms with E-state index in [0.29, 0.717) is 0 Å². The molecule has 0 saturated heterocycles. The maximum absolute atomic E-state index is 7.17. The van der Waals surface area contributed by atoms with Crippen LogP contribution in [0.3, 0.4) is 0 Å². The van der Waals surface area contributed by atoms with Crippen LogP contribution in [0.1, 0.15) is 0 Å². The van der Waals surface area contributed by atoms with Crippen molar-refractivity contribution in [1.29, 1.82) is 0 Å². The first-order chi connectivity index (χ1) is 5.13. The van der Waals surface area contributed by atoms with Crippen LogP contribution < -0.4 is 4.24 Å². The van der Waals surface area contributed by atoms with Gasteiger partial charge in [0.1, 0.15) is 0 Å². The van der Waals surface area contributed by atoms with Gasteiger partial charge in [0.2, 0.25) is 0 Å². The van der Waals surface area contributed by atoms with Crippen molar-refractivity contribution >= 4 is 29.3 Å². The van der Waals surface area contributed by atoms with Crippen molar-refractivity contribution in [3.8, 4) is 0 Å². The Morgan fingerprint density at radius 2 is 1.36 bits per heavy atom. The van der Waals surface area contributed by atoms with Crippen LogP contribution in [0.5, 0.6) is 0 Å². The number of rotatable bonds is 0. The third kappa shape index (κ3) is 9.76. The minimum absolute atomic E-state index is 1.32. The SMILES string of the molecule is OB(O)O.[Li][c]1ccccc1. The second-order valence-electron chi connectivity index (χ2n) is 2.00. The molecule has 0 fully saturated rings. The summed E-state index contributed by atoms with van der Waals surface area (Å²) in [7, 11) is -2.17. The van der Waals surface area contributed by atoms with Crippen molar-refractivity contribution in [1.82, 2.24) is 0 Å². The van der Waals surface area contributed by atoms with Crippen molar-refractivity contribution in [2.75, 3.05) is 0 Å². The van der Waals surface area contributed by atoms with Crippen LogP contribution in [0.2, 0.25) is 0 Å². The first-order valence-corrected chi connectivity index (χ1v) is 3.19. The van der Waals surface area contributed by atoms with Gasteiger partial charge in [-0.15, -0.1) is 0 Å². The van der Waals surface area contributed by atoms with Crippen LogP contribution in [0, 0.1) is 0 Å². The van der Waals surface area contributed by atoms with E-state index in [1.165, 1.54) is 4.24 Å². The molecular weight excluding hydrogens is 138 g/mol. The number of benzene rings is 1. The third-order valence-electron chi connectivity index (χ3n) is 0.940. The molecule has 0 amide bonds. The van der Waals surface area contributed by atoms with Crippen molar-refractivity contribution in [2.45, 2.75) is 0 Å². The van der Waals surface area contributed by atoms with E-state index in [1.54, 1.807) is 0 Å². The molecular formula is C6H8BLiO3. The van der Waals surface area contributed by atoms with Gasteiger partial charge in [-0.3, -0.25) is 0 Å². The second-order valence-corrected chi connectivity index (χ2v) is 2.00. The Hall–Kier alpha value is -0.238. The van der Waals surface area contributed by atoms with E-state index < -0.39 is 7.32 Å². The Kier molecular flexibility index (Phi) is 6.33. The fourth-order valence-corrected chi connectivity index (χ4v) is 0.534. The molecule has 0 aliphatic carbocycles. The normalized spacial score (nSPS) is 8.09. The summed E-state index contributed by atoms with van der Waals surface area (Å²) in [5.74, 6) is 0. The molecule has 0 aliphatic heterocycles. The van der Waals surface area contributed by atoms with E-state index in [9.17, 15) is 0 Å². The quantitative estimate of drug-likeness (QED) is 0.387. The number of hydrogen-bond donors (Lipinski definition) is 3. The van der Waals surface area contributed by atoms with Gasteiger partial charge in [0.15, 0.2) is 0 Å². The van der Waals surface area contributed by atoms with Gasteiger partial charge in [-0.25, -0.2) is 0 Å². The molecule has 1 aromatic rings. The van der Waals surface area contributed by atoms with Gasteiger partial charge in [0, 0.05) is 0 Å². The first-order valence-electron chi connectivity index (χ1n) is 3.19. The van der Waals surface area contributed by atoms with Gasteiger partial charge >= 0.3 is 59.6 Å². The van der Waals surface area contributed by atoms with E-state index in [0.717, 1.165) is 0 Å². The summed E-state index contributed by atoms with van der Waals surface area (Å²) >= 11 is 2.08. The summed E-state index contributed by atoms with van der Waals surface area (Å²) in [4.78, 5) is 0. The average Bonchev–Trinajstić information content (AvgIpc) is 1.87. The van der Waals surface area contributed by atoms with Crippen molar-refractivity contribution < 1.29 is 15.1 Å². The molecule has 11 heavy (non-hydrogen) atoms. The fourth-order valence-electron chi connectivity index (χ4n) is 0.534. The molecule has 0 saturated carbocycles. The van der Waals surface area contributed by atoms with Crippen LogP contribution in [-0.2, 0) is 0 Å². The van der Waals surface area contributed by atoms with E-state index in [-0.39, 0.29) is 0 Å². The molecule has 54 valence electrons. The molecule has 1 aromatic carbocycles. The molecule has 3 nitrogen and oxygen atoms in total. The molecule has 0 radical (unpaired) electrons. The standard InChI is InChI=1S/C6H5.BH3O3.Li/c1-2-4-6-5-3-1;2-1(3)4;/h1-5H;2-4H;. The molecule has 0 unspecified atom stereocenters. The van der Waals surface area contributed by atoms with Gasteiger partial charge in [0.25, 0.3) is 0 Å². The number of hydrogen-bond acceptors (Lipinski definition) is 3. The van der Waals surface area contributed by atoms with Gasteiger partial charge < -0.3 is 15.1 Å². The maximum atomic E-state index is 7.17. The average molecular weight is 146 g/mol. The zero-order valence-corrected chi connectivity index (χ0v) is 6.31. The van der Waals surface area contributed by atoms with E-state index in [2.05, 4.69) is 29.8 Å². The Morgan fingerprint density at radius 3 is 1.55 bits per heavy atom. The van der Waals surface area contributed by atoms with Crippen LogP contribution in [0.15, 0.2) is 30.3 Å². The van der Waals surface area contributed by atoms with Gasteiger partial charge in [-0.1, -0.05) is 0 Å². The molecule has 3 N–H and O–H groups in total. The summed E-state index contributed by atoms with van der Waals surface area (Å²) in [6.07, 6.45) is 0. The second kappa shape index (κ2) is 6.47. The van der Waals surface area contributed by atoms with Crippen molar-refractivity contribution in [3.05, 3.63) is 30.3 Å². The first kappa shape index (κ1) is 10.8. The molecule has 1 rings (SSSR count). The molecule has 0 aliphatic rings. The molecule has 5 heteroatoms. The van der Waals surface area contributed by atoms with E-state index >= 15 is 0 Å². The van der Waals surface area contributed by atoms with Crippen LogP contribution in [-0.4, -0.2) is 40.1 Å². The summed E-state index contributed by atoms with van der Waals surface area (Å²) in [5.41, 5.74) is 0. The van der Waals surface area contributed by atoms with Crippen LogP contribution >= 0.6 is 0 Å². The van der Waals surface area contributed by atoms with Gasteiger partial charge in [0.05, 0.1) is 0 Å². The molecule has 0 bridgehead atoms. The molecule has 0 aromatic heterocycles. The third-order valence-corrected chi connectivity index (χ3v) is 0.940. The van der Waals surface area contributed by atoms with Crippen LogP contribution in [0.4, 0.5) is 0 Å². The minimum atomic E-state index is -2.17. The zero-order valence-electron chi connectivity index (χ0n) is 6.31. The Morgan fingerprint density at radius 1 is 1.00 bits per heavy atom. The Labute approximate surface area is 75.1 Å². The molecule has 0 spiro atoms. The zero-order chi connectivity index (χ0) is 8.69. The van der Waals surface area contributed by atoms with Gasteiger partial charge in [-0.2, -0.15) is 0 Å². The monoisotopic (exact) mass is 146 g/mol. The summed E-state index contributed by atoms with van der Waals surface area (Å²) < 4.78 is 1.32.